The molecule has 0 aromatic carbocycles. The van der Waals surface area contributed by atoms with Crippen LogP contribution in [0.4, 0.5) is 0 Å². The Balaban J connectivity index is -0.000000605. The first-order valence-electron chi connectivity index (χ1n) is 4.06. The minimum atomic E-state index is -0.784. The minimum absolute atomic E-state index is 0. The summed E-state index contributed by atoms with van der Waals surface area (Å²) < 4.78 is 0. The van der Waals surface area contributed by atoms with Gasteiger partial charge in [0.05, 0.1) is 0 Å². The fourth-order valence-corrected chi connectivity index (χ4v) is 0.906. The van der Waals surface area contributed by atoms with Crippen LogP contribution >= 0.6 is 0 Å². The van der Waals surface area contributed by atoms with E-state index < -0.39 is 11.9 Å². The molecule has 14 heavy (non-hydrogen) atoms. The van der Waals surface area contributed by atoms with Crippen molar-refractivity contribution in [3.8, 4) is 0 Å². The third-order valence-electron chi connectivity index (χ3n) is 1.53. The average molecular weight is 254 g/mol. The zero-order chi connectivity index (χ0) is 9.40. The summed E-state index contributed by atoms with van der Waals surface area (Å²) in [6.45, 7) is 0. The SMILES string of the molecule is O=C(O)CCCCCCC(=O)O.[KH].[KH]. The van der Waals surface area contributed by atoms with E-state index in [2.05, 4.69) is 0 Å². The molecule has 0 aromatic heterocycles. The van der Waals surface area contributed by atoms with E-state index >= 15 is 0 Å². The molecule has 0 radical (unpaired) electrons. The zero-order valence-corrected chi connectivity index (χ0v) is 6.95. The Morgan fingerprint density at radius 1 is 0.714 bits per heavy atom. The van der Waals surface area contributed by atoms with Gasteiger partial charge in [-0.25, -0.2) is 0 Å². The molecule has 6 heteroatoms. The molecule has 0 aliphatic carbocycles. The molecule has 0 atom stereocenters. The van der Waals surface area contributed by atoms with E-state index in [9.17, 15) is 9.59 Å². The van der Waals surface area contributed by atoms with E-state index in [0.29, 0.717) is 12.8 Å². The van der Waals surface area contributed by atoms with Gasteiger partial charge in [0, 0.05) is 12.8 Å². The molecular weight excluding hydrogens is 238 g/mol. The first kappa shape index (κ1) is 21.5. The summed E-state index contributed by atoms with van der Waals surface area (Å²) in [5.74, 6) is -1.57. The normalized spacial score (nSPS) is 8.29. The van der Waals surface area contributed by atoms with E-state index in [-0.39, 0.29) is 116 Å². The van der Waals surface area contributed by atoms with Gasteiger partial charge in [-0.05, 0) is 12.8 Å². The van der Waals surface area contributed by atoms with Crippen molar-refractivity contribution in [3.63, 3.8) is 0 Å². The van der Waals surface area contributed by atoms with Gasteiger partial charge >= 0.3 is 115 Å². The second-order valence-electron chi connectivity index (χ2n) is 2.70. The molecule has 0 rings (SSSR count). The summed E-state index contributed by atoms with van der Waals surface area (Å²) >= 11 is 0. The fourth-order valence-electron chi connectivity index (χ4n) is 0.906. The summed E-state index contributed by atoms with van der Waals surface area (Å²) in [4.78, 5) is 20.1. The van der Waals surface area contributed by atoms with Crippen molar-refractivity contribution in [3.05, 3.63) is 0 Å². The molecule has 0 saturated carbocycles. The van der Waals surface area contributed by atoms with Gasteiger partial charge in [0.2, 0.25) is 0 Å². The van der Waals surface area contributed by atoms with E-state index in [4.69, 9.17) is 10.2 Å². The summed E-state index contributed by atoms with van der Waals surface area (Å²) in [5.41, 5.74) is 0. The molecule has 0 amide bonds. The van der Waals surface area contributed by atoms with Crippen LogP contribution in [0.25, 0.3) is 0 Å². The zero-order valence-electron chi connectivity index (χ0n) is 6.95. The van der Waals surface area contributed by atoms with Gasteiger partial charge in [0.15, 0.2) is 0 Å². The van der Waals surface area contributed by atoms with E-state index in [1.165, 1.54) is 0 Å². The number of carbonyl (C=O) groups is 2. The van der Waals surface area contributed by atoms with Crippen LogP contribution in [-0.2, 0) is 9.59 Å². The third kappa shape index (κ3) is 19.7. The molecule has 0 aliphatic rings. The Morgan fingerprint density at radius 3 is 1.21 bits per heavy atom. The Morgan fingerprint density at radius 2 is 1.00 bits per heavy atom. The van der Waals surface area contributed by atoms with Gasteiger partial charge < -0.3 is 10.2 Å². The first-order valence-corrected chi connectivity index (χ1v) is 4.06. The quantitative estimate of drug-likeness (QED) is 0.503. The molecule has 4 nitrogen and oxygen atoms in total. The van der Waals surface area contributed by atoms with Crippen molar-refractivity contribution >= 4 is 115 Å². The molecule has 0 unspecified atom stereocenters. The maximum absolute atomic E-state index is 10.0. The molecule has 0 saturated heterocycles. The average Bonchev–Trinajstić information content (AvgIpc) is 1.95. The van der Waals surface area contributed by atoms with Crippen LogP contribution in [0, 0.1) is 0 Å². The van der Waals surface area contributed by atoms with Crippen LogP contribution in [0.5, 0.6) is 0 Å². The number of unbranched alkanes of at least 4 members (excludes halogenated alkanes) is 3. The summed E-state index contributed by atoms with van der Waals surface area (Å²) in [6, 6.07) is 0. The fraction of sp³-hybridized carbons (Fsp3) is 0.750. The van der Waals surface area contributed by atoms with Gasteiger partial charge in [0.1, 0.15) is 0 Å². The number of aliphatic carboxylic acids is 2. The second kappa shape index (κ2) is 15.2. The van der Waals surface area contributed by atoms with Crippen molar-refractivity contribution < 1.29 is 19.8 Å². The molecule has 0 spiro atoms. The van der Waals surface area contributed by atoms with Crippen molar-refractivity contribution in [2.24, 2.45) is 0 Å². The monoisotopic (exact) mass is 254 g/mol. The Bertz CT molecular complexity index is 143. The molecular formula is C8H16K2O4. The number of hydrogen-bond acceptors (Lipinski definition) is 2. The molecule has 0 bridgehead atoms. The summed E-state index contributed by atoms with van der Waals surface area (Å²) in [6.07, 6.45) is 3.28. The molecule has 74 valence electrons. The van der Waals surface area contributed by atoms with Crippen LogP contribution in [0.1, 0.15) is 38.5 Å². The van der Waals surface area contributed by atoms with E-state index in [1.54, 1.807) is 0 Å². The molecule has 0 aromatic rings. The molecule has 0 fully saturated rings. The van der Waals surface area contributed by atoms with Crippen molar-refractivity contribution in [1.29, 1.82) is 0 Å². The number of carboxylic acid groups (broad SMARTS) is 2. The topological polar surface area (TPSA) is 74.6 Å². The third-order valence-corrected chi connectivity index (χ3v) is 1.53. The van der Waals surface area contributed by atoms with Crippen molar-refractivity contribution in [1.82, 2.24) is 0 Å². The Kier molecular flexibility index (Phi) is 23.4. The van der Waals surface area contributed by atoms with Gasteiger partial charge in [0.25, 0.3) is 0 Å². The summed E-state index contributed by atoms with van der Waals surface area (Å²) in [5, 5.41) is 16.5. The number of hydrogen-bond donors (Lipinski definition) is 2. The van der Waals surface area contributed by atoms with Crippen LogP contribution in [0.2, 0.25) is 0 Å². The van der Waals surface area contributed by atoms with Crippen molar-refractivity contribution in [2.75, 3.05) is 0 Å². The second-order valence-corrected chi connectivity index (χ2v) is 2.70. The van der Waals surface area contributed by atoms with Gasteiger partial charge in [-0.3, -0.25) is 9.59 Å². The van der Waals surface area contributed by atoms with Crippen LogP contribution in [-0.4, -0.2) is 125 Å². The van der Waals surface area contributed by atoms with E-state index in [0.717, 1.165) is 12.8 Å². The predicted molar refractivity (Wildman–Crippen MR) is 57.3 cm³/mol. The van der Waals surface area contributed by atoms with E-state index in [1.807, 2.05) is 0 Å². The Hall–Kier alpha value is 2.21. The Labute approximate surface area is 169 Å². The first-order chi connectivity index (χ1) is 5.63. The summed E-state index contributed by atoms with van der Waals surface area (Å²) in [7, 11) is 0. The predicted octanol–water partition coefficient (Wildman–Crippen LogP) is 0.199. The van der Waals surface area contributed by atoms with Crippen molar-refractivity contribution in [2.45, 2.75) is 38.5 Å². The van der Waals surface area contributed by atoms with Gasteiger partial charge in [-0.15, -0.1) is 0 Å². The molecule has 0 aliphatic heterocycles. The van der Waals surface area contributed by atoms with Crippen LogP contribution < -0.4 is 0 Å². The standard InChI is InChI=1S/C8H14O4.2K.2H/c9-7(10)5-3-1-2-4-6-8(11)12;;;;/h1-6H2,(H,9,10)(H,11,12);;;;. The molecule has 2 N–H and O–H groups in total. The maximum atomic E-state index is 10.0. The van der Waals surface area contributed by atoms with Crippen LogP contribution in [0.3, 0.4) is 0 Å². The van der Waals surface area contributed by atoms with Gasteiger partial charge in [-0.1, -0.05) is 12.8 Å². The molecule has 0 heterocycles. The number of rotatable bonds is 7. The number of carboxylic acids is 2. The van der Waals surface area contributed by atoms with Gasteiger partial charge in [-0.2, -0.15) is 0 Å². The van der Waals surface area contributed by atoms with Crippen LogP contribution in [0.15, 0.2) is 0 Å².